The zero-order valence-corrected chi connectivity index (χ0v) is 18.2. The molecule has 0 spiro atoms. The zero-order chi connectivity index (χ0) is 21.7. The van der Waals surface area contributed by atoms with E-state index in [1.54, 1.807) is 49.5 Å². The van der Waals surface area contributed by atoms with Crippen molar-refractivity contribution in [2.75, 3.05) is 11.3 Å². The predicted octanol–water partition coefficient (Wildman–Crippen LogP) is 3.43. The van der Waals surface area contributed by atoms with Crippen molar-refractivity contribution in [1.82, 2.24) is 15.1 Å². The smallest absolute Gasteiger partial charge is 0.262 e. The quantitative estimate of drug-likeness (QED) is 0.540. The van der Waals surface area contributed by atoms with Gasteiger partial charge in [-0.2, -0.15) is 5.10 Å². The molecule has 0 radical (unpaired) electrons. The van der Waals surface area contributed by atoms with Crippen LogP contribution in [0.15, 0.2) is 59.8 Å². The number of benzene rings is 2. The normalized spacial score (nSPS) is 11.3. The van der Waals surface area contributed by atoms with E-state index in [4.69, 9.17) is 0 Å². The Kier molecular flexibility index (Phi) is 6.56. The molecule has 8 heteroatoms. The minimum absolute atomic E-state index is 0.199. The third-order valence-electron chi connectivity index (χ3n) is 4.64. The summed E-state index contributed by atoms with van der Waals surface area (Å²) in [5.41, 5.74) is 3.53. The fourth-order valence-corrected chi connectivity index (χ4v) is 4.42. The van der Waals surface area contributed by atoms with E-state index in [1.807, 2.05) is 30.8 Å². The molecule has 1 amide bonds. The maximum atomic E-state index is 12.7. The summed E-state index contributed by atoms with van der Waals surface area (Å²) in [5, 5.41) is 7.07. The Morgan fingerprint density at radius 3 is 2.43 bits per heavy atom. The zero-order valence-electron chi connectivity index (χ0n) is 17.3. The summed E-state index contributed by atoms with van der Waals surface area (Å²) in [6.07, 6.45) is 4.52. The van der Waals surface area contributed by atoms with Gasteiger partial charge in [-0.15, -0.1) is 0 Å². The minimum atomic E-state index is -3.70. The Morgan fingerprint density at radius 2 is 1.77 bits per heavy atom. The van der Waals surface area contributed by atoms with Crippen molar-refractivity contribution in [3.63, 3.8) is 0 Å². The highest BCUT2D eigenvalue weighted by atomic mass is 32.2. The van der Waals surface area contributed by atoms with E-state index in [-0.39, 0.29) is 10.8 Å². The van der Waals surface area contributed by atoms with Crippen LogP contribution in [0.3, 0.4) is 0 Å². The number of amides is 1. The summed E-state index contributed by atoms with van der Waals surface area (Å²) in [4.78, 5) is 12.5. The number of aromatic nitrogens is 2. The lowest BCUT2D eigenvalue weighted by Crippen LogP contribution is -2.25. The number of rotatable bonds is 8. The molecular weight excluding hydrogens is 400 g/mol. The molecule has 0 bridgehead atoms. The van der Waals surface area contributed by atoms with Gasteiger partial charge in [-0.1, -0.05) is 12.1 Å². The average molecular weight is 427 g/mol. The molecule has 0 saturated carbocycles. The molecular formula is C22H26N4O3S. The van der Waals surface area contributed by atoms with Crippen LogP contribution in [-0.2, 0) is 16.6 Å². The highest BCUT2D eigenvalue weighted by Gasteiger charge is 2.17. The van der Waals surface area contributed by atoms with Crippen molar-refractivity contribution >= 4 is 21.6 Å². The maximum absolute atomic E-state index is 12.7. The lowest BCUT2D eigenvalue weighted by atomic mass is 10.2. The van der Waals surface area contributed by atoms with E-state index in [2.05, 4.69) is 15.1 Å². The van der Waals surface area contributed by atoms with E-state index in [0.717, 1.165) is 24.1 Å². The second-order valence-corrected chi connectivity index (χ2v) is 8.99. The van der Waals surface area contributed by atoms with Gasteiger partial charge in [0, 0.05) is 30.5 Å². The van der Waals surface area contributed by atoms with Crippen LogP contribution < -0.4 is 10.0 Å². The molecule has 0 saturated heterocycles. The molecule has 2 aromatic carbocycles. The SMILES string of the molecule is Cc1ccc(C)c(S(=O)(=O)Nc2ccc(C(=O)NCCCn3cc(C)cn3)cc2)c1. The molecule has 1 heterocycles. The number of hydrogen-bond donors (Lipinski definition) is 2. The largest absolute Gasteiger partial charge is 0.352 e. The van der Waals surface area contributed by atoms with Crippen LogP contribution in [0, 0.1) is 20.8 Å². The molecule has 30 heavy (non-hydrogen) atoms. The summed E-state index contributed by atoms with van der Waals surface area (Å²) in [6, 6.07) is 11.7. The number of nitrogens with zero attached hydrogens (tertiary/aromatic N) is 2. The van der Waals surface area contributed by atoms with Gasteiger partial charge in [-0.3, -0.25) is 14.2 Å². The molecule has 0 fully saturated rings. The standard InChI is InChI=1S/C22H26N4O3S/c1-16-5-6-18(3)21(13-16)30(28,29)25-20-9-7-19(8-10-20)22(27)23-11-4-12-26-15-17(2)14-24-26/h5-10,13-15,25H,4,11-12H2,1-3H3,(H,23,27). The maximum Gasteiger partial charge on any atom is 0.262 e. The van der Waals surface area contributed by atoms with Gasteiger partial charge in [0.1, 0.15) is 0 Å². The van der Waals surface area contributed by atoms with Gasteiger partial charge in [-0.25, -0.2) is 8.42 Å². The molecule has 2 N–H and O–H groups in total. The van der Waals surface area contributed by atoms with Crippen LogP contribution in [-0.4, -0.2) is 30.7 Å². The highest BCUT2D eigenvalue weighted by Crippen LogP contribution is 2.21. The van der Waals surface area contributed by atoms with Gasteiger partial charge in [0.15, 0.2) is 0 Å². The number of nitrogens with one attached hydrogen (secondary N) is 2. The Hall–Kier alpha value is -3.13. The first-order valence-electron chi connectivity index (χ1n) is 9.72. The van der Waals surface area contributed by atoms with E-state index in [9.17, 15) is 13.2 Å². The second kappa shape index (κ2) is 9.13. The third kappa shape index (κ3) is 5.48. The van der Waals surface area contributed by atoms with E-state index in [1.165, 1.54) is 0 Å². The van der Waals surface area contributed by atoms with Crippen molar-refractivity contribution in [1.29, 1.82) is 0 Å². The van der Waals surface area contributed by atoms with E-state index >= 15 is 0 Å². The first kappa shape index (κ1) is 21.6. The Balaban J connectivity index is 1.56. The summed E-state index contributed by atoms with van der Waals surface area (Å²) in [6.45, 7) is 6.85. The number of aryl methyl sites for hydroxylation is 4. The van der Waals surface area contributed by atoms with Gasteiger partial charge in [-0.05, 0) is 74.2 Å². The van der Waals surface area contributed by atoms with Gasteiger partial charge in [0.2, 0.25) is 0 Å². The Labute approximate surface area is 177 Å². The number of sulfonamides is 1. The number of carbonyl (C=O) groups is 1. The first-order chi connectivity index (χ1) is 14.2. The lowest BCUT2D eigenvalue weighted by Gasteiger charge is -2.12. The molecule has 0 unspecified atom stereocenters. The van der Waals surface area contributed by atoms with Gasteiger partial charge in [0.25, 0.3) is 15.9 Å². The fourth-order valence-electron chi connectivity index (χ4n) is 3.03. The molecule has 0 aliphatic rings. The summed E-state index contributed by atoms with van der Waals surface area (Å²) in [5.74, 6) is -0.199. The van der Waals surface area contributed by atoms with Crippen molar-refractivity contribution < 1.29 is 13.2 Å². The topological polar surface area (TPSA) is 93.1 Å². The third-order valence-corrected chi connectivity index (χ3v) is 6.17. The number of anilines is 1. The molecule has 3 aromatic rings. The van der Waals surface area contributed by atoms with Crippen LogP contribution in [0.2, 0.25) is 0 Å². The van der Waals surface area contributed by atoms with E-state index in [0.29, 0.717) is 23.4 Å². The molecule has 1 aromatic heterocycles. The van der Waals surface area contributed by atoms with Gasteiger partial charge >= 0.3 is 0 Å². The number of hydrogen-bond acceptors (Lipinski definition) is 4. The second-order valence-electron chi connectivity index (χ2n) is 7.34. The van der Waals surface area contributed by atoms with Crippen LogP contribution >= 0.6 is 0 Å². The molecule has 158 valence electrons. The van der Waals surface area contributed by atoms with Crippen LogP contribution in [0.5, 0.6) is 0 Å². The monoisotopic (exact) mass is 426 g/mol. The fraction of sp³-hybridized carbons (Fsp3) is 0.273. The summed E-state index contributed by atoms with van der Waals surface area (Å²) >= 11 is 0. The van der Waals surface area contributed by atoms with Crippen LogP contribution in [0.4, 0.5) is 5.69 Å². The summed E-state index contributed by atoms with van der Waals surface area (Å²) < 4.78 is 29.8. The number of carbonyl (C=O) groups excluding carboxylic acids is 1. The lowest BCUT2D eigenvalue weighted by molar-refractivity contribution is 0.0952. The molecule has 0 aliphatic heterocycles. The van der Waals surface area contributed by atoms with Crippen LogP contribution in [0.1, 0.15) is 33.5 Å². The Bertz CT molecular complexity index is 1140. The predicted molar refractivity (Wildman–Crippen MR) is 117 cm³/mol. The van der Waals surface area contributed by atoms with Crippen molar-refractivity contribution in [2.24, 2.45) is 0 Å². The molecule has 0 atom stereocenters. The Morgan fingerprint density at radius 1 is 1.03 bits per heavy atom. The van der Waals surface area contributed by atoms with Crippen LogP contribution in [0.25, 0.3) is 0 Å². The van der Waals surface area contributed by atoms with Gasteiger partial charge in [0.05, 0.1) is 11.1 Å². The highest BCUT2D eigenvalue weighted by molar-refractivity contribution is 7.92. The van der Waals surface area contributed by atoms with E-state index < -0.39 is 10.0 Å². The van der Waals surface area contributed by atoms with Crippen molar-refractivity contribution in [3.8, 4) is 0 Å². The van der Waals surface area contributed by atoms with Gasteiger partial charge < -0.3 is 5.32 Å². The molecule has 3 rings (SSSR count). The first-order valence-corrected chi connectivity index (χ1v) is 11.2. The summed E-state index contributed by atoms with van der Waals surface area (Å²) in [7, 11) is -3.70. The van der Waals surface area contributed by atoms with Crippen molar-refractivity contribution in [2.45, 2.75) is 38.6 Å². The molecule has 7 nitrogen and oxygen atoms in total. The minimum Gasteiger partial charge on any atom is -0.352 e. The average Bonchev–Trinajstić information content (AvgIpc) is 3.12. The molecule has 0 aliphatic carbocycles. The van der Waals surface area contributed by atoms with Crippen molar-refractivity contribution in [3.05, 3.63) is 77.1 Å².